The van der Waals surface area contributed by atoms with Crippen LogP contribution in [-0.2, 0) is 0 Å². The summed E-state index contributed by atoms with van der Waals surface area (Å²) in [7, 11) is 0. The van der Waals surface area contributed by atoms with E-state index in [1.54, 1.807) is 0 Å². The van der Waals surface area contributed by atoms with Gasteiger partial charge in [-0.1, -0.05) is 29.8 Å². The fourth-order valence-corrected chi connectivity index (χ4v) is 2.11. The van der Waals surface area contributed by atoms with Gasteiger partial charge < -0.3 is 10.1 Å². The maximum absolute atomic E-state index is 11.3. The van der Waals surface area contributed by atoms with Gasteiger partial charge in [0.25, 0.3) is 5.56 Å². The summed E-state index contributed by atoms with van der Waals surface area (Å²) < 4.78 is 0. The molecule has 0 saturated carbocycles. The molecule has 0 fully saturated rings. The fourth-order valence-electron chi connectivity index (χ4n) is 1.99. The van der Waals surface area contributed by atoms with E-state index in [1.807, 2.05) is 25.1 Å². The average Bonchev–Trinajstić information content (AvgIpc) is 2.78. The van der Waals surface area contributed by atoms with Gasteiger partial charge in [0.05, 0.1) is 11.7 Å². The van der Waals surface area contributed by atoms with Gasteiger partial charge in [-0.25, -0.2) is 5.10 Å². The molecule has 2 heterocycles. The van der Waals surface area contributed by atoms with Gasteiger partial charge in [0.2, 0.25) is 5.88 Å². The molecule has 0 amide bonds. The largest absolute Gasteiger partial charge is 0.493 e. The van der Waals surface area contributed by atoms with Gasteiger partial charge in [0.1, 0.15) is 10.7 Å². The van der Waals surface area contributed by atoms with E-state index < -0.39 is 5.56 Å². The highest BCUT2D eigenvalue weighted by molar-refractivity contribution is 6.32. The zero-order valence-corrected chi connectivity index (χ0v) is 11.6. The van der Waals surface area contributed by atoms with Crippen molar-refractivity contribution < 1.29 is 5.11 Å². The van der Waals surface area contributed by atoms with Crippen LogP contribution >= 0.6 is 11.6 Å². The first-order valence-electron chi connectivity index (χ1n) is 6.03. The van der Waals surface area contributed by atoms with Crippen molar-refractivity contribution in [2.24, 2.45) is 10.2 Å². The molecule has 0 radical (unpaired) electrons. The number of aromatic amines is 2. The smallest absolute Gasteiger partial charge is 0.285 e. The lowest BCUT2D eigenvalue weighted by Crippen LogP contribution is -2.06. The number of aromatic hydroxyl groups is 1. The monoisotopic (exact) mass is 303 g/mol. The number of aromatic nitrogens is 3. The molecule has 2 aromatic heterocycles. The summed E-state index contributed by atoms with van der Waals surface area (Å²) in [6.07, 6.45) is 1.28. The van der Waals surface area contributed by atoms with Crippen LogP contribution in [-0.4, -0.2) is 20.3 Å². The molecule has 0 bridgehead atoms. The molecular formula is C13H10ClN5O2. The number of halogens is 1. The van der Waals surface area contributed by atoms with E-state index >= 15 is 0 Å². The predicted octanol–water partition coefficient (Wildman–Crippen LogP) is 3.33. The number of hydrogen-bond acceptors (Lipinski definition) is 5. The van der Waals surface area contributed by atoms with E-state index in [4.69, 9.17) is 11.6 Å². The molecule has 106 valence electrons. The Bertz CT molecular complexity index is 913. The Kier molecular flexibility index (Phi) is 3.19. The zero-order valence-electron chi connectivity index (χ0n) is 10.9. The van der Waals surface area contributed by atoms with Crippen LogP contribution in [0.15, 0.2) is 39.4 Å². The van der Waals surface area contributed by atoms with Crippen molar-refractivity contribution in [1.29, 1.82) is 0 Å². The molecule has 0 aliphatic heterocycles. The average molecular weight is 304 g/mol. The number of para-hydroxylation sites is 1. The van der Waals surface area contributed by atoms with E-state index in [2.05, 4.69) is 25.4 Å². The Morgan fingerprint density at radius 2 is 2.14 bits per heavy atom. The summed E-state index contributed by atoms with van der Waals surface area (Å²) in [5.74, 6) is -0.100. The molecule has 7 nitrogen and oxygen atoms in total. The maximum Gasteiger partial charge on any atom is 0.285 e. The molecule has 0 aliphatic rings. The molecule has 0 atom stereocenters. The Labute approximate surface area is 123 Å². The second-order valence-electron chi connectivity index (χ2n) is 4.42. The summed E-state index contributed by atoms with van der Waals surface area (Å²) in [6.45, 7) is 1.91. The van der Waals surface area contributed by atoms with Crippen LogP contribution < -0.4 is 5.56 Å². The second kappa shape index (κ2) is 5.02. The summed E-state index contributed by atoms with van der Waals surface area (Å²) >= 11 is 5.81. The first kappa shape index (κ1) is 13.3. The number of fused-ring (bicyclic) bond motifs is 1. The van der Waals surface area contributed by atoms with Gasteiger partial charge in [-0.2, -0.15) is 5.10 Å². The molecule has 0 unspecified atom stereocenters. The lowest BCUT2D eigenvalue weighted by Gasteiger charge is -1.95. The van der Waals surface area contributed by atoms with Gasteiger partial charge in [-0.05, 0) is 12.5 Å². The van der Waals surface area contributed by atoms with E-state index in [-0.39, 0.29) is 22.3 Å². The number of nitrogens with zero attached hydrogens (tertiary/aromatic N) is 3. The highest BCUT2D eigenvalue weighted by Crippen LogP contribution is 2.37. The molecule has 8 heteroatoms. The molecule has 3 rings (SSSR count). The first-order valence-corrected chi connectivity index (χ1v) is 6.41. The third kappa shape index (κ3) is 2.27. The van der Waals surface area contributed by atoms with Crippen molar-refractivity contribution in [2.75, 3.05) is 0 Å². The molecular weight excluding hydrogens is 294 g/mol. The van der Waals surface area contributed by atoms with E-state index in [9.17, 15) is 9.90 Å². The van der Waals surface area contributed by atoms with Crippen LogP contribution in [0.1, 0.15) is 5.56 Å². The summed E-state index contributed by atoms with van der Waals surface area (Å²) in [5, 5.41) is 24.2. The quantitative estimate of drug-likeness (QED) is 0.632. The Hall–Kier alpha value is -2.67. The number of hydrogen-bond donors (Lipinski definition) is 3. The molecule has 0 spiro atoms. The first-order chi connectivity index (χ1) is 10.1. The number of rotatable bonds is 2. The standard InChI is InChI=1S/C13H10ClN5O2/c1-6-3-2-4-7-10(6)16-13(21)11(7)18-17-8-5-15-19-12(20)9(8)14/h2-5,16,21H,1H3,(H,19,20). The molecule has 1 aromatic carbocycles. The number of nitrogens with one attached hydrogen (secondary N) is 2. The van der Waals surface area contributed by atoms with Gasteiger partial charge in [0, 0.05) is 5.39 Å². The van der Waals surface area contributed by atoms with Gasteiger partial charge in [-0.3, -0.25) is 4.79 Å². The normalized spacial score (nSPS) is 11.5. The van der Waals surface area contributed by atoms with Gasteiger partial charge >= 0.3 is 0 Å². The highest BCUT2D eigenvalue weighted by Gasteiger charge is 2.12. The Morgan fingerprint density at radius 3 is 2.95 bits per heavy atom. The van der Waals surface area contributed by atoms with E-state index in [0.29, 0.717) is 0 Å². The van der Waals surface area contributed by atoms with E-state index in [1.165, 1.54) is 6.20 Å². The minimum Gasteiger partial charge on any atom is -0.493 e. The Balaban J connectivity index is 2.12. The van der Waals surface area contributed by atoms with Crippen molar-refractivity contribution in [3.05, 3.63) is 45.3 Å². The van der Waals surface area contributed by atoms with Crippen LogP contribution in [0, 0.1) is 6.92 Å². The Morgan fingerprint density at radius 1 is 1.33 bits per heavy atom. The molecule has 0 saturated heterocycles. The minimum atomic E-state index is -0.549. The number of H-pyrrole nitrogens is 2. The fraction of sp³-hybridized carbons (Fsp3) is 0.0769. The van der Waals surface area contributed by atoms with Crippen molar-refractivity contribution in [3.8, 4) is 5.88 Å². The topological polar surface area (TPSA) is 106 Å². The maximum atomic E-state index is 11.3. The number of benzene rings is 1. The minimum absolute atomic E-state index is 0.100. The van der Waals surface area contributed by atoms with Gasteiger partial charge in [0.15, 0.2) is 5.69 Å². The van der Waals surface area contributed by atoms with Crippen LogP contribution in [0.3, 0.4) is 0 Å². The summed E-state index contributed by atoms with van der Waals surface area (Å²) in [5.41, 5.74) is 1.61. The SMILES string of the molecule is Cc1cccc2c(N=Nc3cn[nH]c(=O)c3Cl)c(O)[nH]c12. The van der Waals surface area contributed by atoms with Crippen LogP contribution in [0.25, 0.3) is 10.9 Å². The van der Waals surface area contributed by atoms with Crippen molar-refractivity contribution in [3.63, 3.8) is 0 Å². The molecule has 3 aromatic rings. The van der Waals surface area contributed by atoms with Crippen molar-refractivity contribution >= 4 is 33.9 Å². The summed E-state index contributed by atoms with van der Waals surface area (Å²) in [6, 6.07) is 5.58. The molecule has 3 N–H and O–H groups in total. The lowest BCUT2D eigenvalue weighted by atomic mass is 10.1. The second-order valence-corrected chi connectivity index (χ2v) is 4.80. The zero-order chi connectivity index (χ0) is 15.0. The molecule has 21 heavy (non-hydrogen) atoms. The lowest BCUT2D eigenvalue weighted by molar-refractivity contribution is 0.459. The van der Waals surface area contributed by atoms with Crippen LogP contribution in [0.4, 0.5) is 11.4 Å². The predicted molar refractivity (Wildman–Crippen MR) is 78.7 cm³/mol. The third-order valence-electron chi connectivity index (χ3n) is 3.03. The van der Waals surface area contributed by atoms with Crippen LogP contribution in [0.5, 0.6) is 5.88 Å². The summed E-state index contributed by atoms with van der Waals surface area (Å²) in [4.78, 5) is 14.2. The van der Waals surface area contributed by atoms with E-state index in [0.717, 1.165) is 16.5 Å². The van der Waals surface area contributed by atoms with Gasteiger partial charge in [-0.15, -0.1) is 10.2 Å². The van der Waals surface area contributed by atoms with Crippen LogP contribution in [0.2, 0.25) is 5.02 Å². The number of azo groups is 1. The molecule has 0 aliphatic carbocycles. The number of aryl methyl sites for hydroxylation is 1. The van der Waals surface area contributed by atoms with Crippen molar-refractivity contribution in [1.82, 2.24) is 15.2 Å². The highest BCUT2D eigenvalue weighted by atomic mass is 35.5. The van der Waals surface area contributed by atoms with Crippen molar-refractivity contribution in [2.45, 2.75) is 6.92 Å². The third-order valence-corrected chi connectivity index (χ3v) is 3.40.